The molecule has 0 aromatic heterocycles. The van der Waals surface area contributed by atoms with Crippen molar-refractivity contribution >= 4 is 24.2 Å². The van der Waals surface area contributed by atoms with Crippen molar-refractivity contribution in [2.45, 2.75) is 134 Å². The van der Waals surface area contributed by atoms with Gasteiger partial charge in [0.1, 0.15) is 19.0 Å². The Morgan fingerprint density at radius 3 is 2.39 bits per heavy atom. The highest BCUT2D eigenvalue weighted by molar-refractivity contribution is 5.85. The molecule has 5 fully saturated rings. The van der Waals surface area contributed by atoms with E-state index in [0.29, 0.717) is 44.9 Å². The second-order valence-electron chi connectivity index (χ2n) is 14.5. The molecular weight excluding hydrogens is 572 g/mol. The number of cyclic esters (lactones) is 1. The Kier molecular flexibility index (Phi) is 8.03. The van der Waals surface area contributed by atoms with Crippen LogP contribution in [0.4, 0.5) is 0 Å². The molecular formula is C33H46O11. The highest BCUT2D eigenvalue weighted by atomic mass is 16.7. The first-order valence-corrected chi connectivity index (χ1v) is 16.2. The molecule has 6 aliphatic rings. The van der Waals surface area contributed by atoms with Crippen LogP contribution >= 0.6 is 0 Å². The van der Waals surface area contributed by atoms with Crippen molar-refractivity contribution in [1.82, 2.24) is 0 Å². The van der Waals surface area contributed by atoms with Crippen molar-refractivity contribution < 1.29 is 53.1 Å². The van der Waals surface area contributed by atoms with Crippen molar-refractivity contribution in [3.63, 3.8) is 0 Å². The van der Waals surface area contributed by atoms with E-state index in [4.69, 9.17) is 23.7 Å². The normalized spacial score (nSPS) is 48.2. The molecule has 44 heavy (non-hydrogen) atoms. The summed E-state index contributed by atoms with van der Waals surface area (Å²) in [5, 5.41) is 24.7. The number of ether oxygens (including phenoxy) is 5. The SMILES string of the molecule is CC(=O)O[C@H]1[C@H](C)O[C@@H](O[C@H]2CC[C@]3(C=O)[C@H]4CC[C@]5(C)[C@@H](C6=CC(=O)OC6)CC[C@]5(O)[C@@H]4CC[C@]3(O)C2)C[C@H]1OC(C)=O. The zero-order valence-electron chi connectivity index (χ0n) is 26.1. The molecule has 6 rings (SSSR count). The van der Waals surface area contributed by atoms with Gasteiger partial charge in [-0.15, -0.1) is 0 Å². The van der Waals surface area contributed by atoms with E-state index in [1.54, 1.807) is 13.0 Å². The minimum absolute atomic E-state index is 0.0474. The fraction of sp³-hybridized carbons (Fsp3) is 0.818. The predicted octanol–water partition coefficient (Wildman–Crippen LogP) is 2.92. The molecule has 1 saturated heterocycles. The standard InChI is InChI=1S/C33H46O11/c1-18-29(43-20(3)36)26(42-19(2)35)14-28(41-18)44-22-5-10-31(17-34)24-6-9-30(4)23(21-13-27(37)40-16-21)8-12-33(30,39)25(24)7-11-32(31,38)15-22/h13,17-18,22-26,28-29,38-39H,5-12,14-16H2,1-4H3/t18-,22-,23+,24-,25+,26+,28-,29-,30+,31-,32-,33-/m0/s1. The van der Waals surface area contributed by atoms with Gasteiger partial charge in [0.2, 0.25) is 0 Å². The van der Waals surface area contributed by atoms with Gasteiger partial charge in [-0.05, 0) is 81.6 Å². The minimum atomic E-state index is -1.30. The molecule has 11 nitrogen and oxygen atoms in total. The Morgan fingerprint density at radius 1 is 1.00 bits per heavy atom. The zero-order chi connectivity index (χ0) is 31.7. The van der Waals surface area contributed by atoms with Crippen LogP contribution in [-0.2, 0) is 42.9 Å². The zero-order valence-corrected chi connectivity index (χ0v) is 26.1. The smallest absolute Gasteiger partial charge is 0.331 e. The van der Waals surface area contributed by atoms with E-state index in [1.807, 2.05) is 0 Å². The molecule has 12 atom stereocenters. The summed E-state index contributed by atoms with van der Waals surface area (Å²) < 4.78 is 28.5. The van der Waals surface area contributed by atoms with Crippen LogP contribution in [0.25, 0.3) is 0 Å². The van der Waals surface area contributed by atoms with Gasteiger partial charge in [0.05, 0.1) is 28.8 Å². The Labute approximate surface area is 257 Å². The van der Waals surface area contributed by atoms with E-state index in [0.717, 1.165) is 18.3 Å². The number of hydrogen-bond acceptors (Lipinski definition) is 11. The minimum Gasteiger partial charge on any atom is -0.458 e. The molecule has 0 aromatic rings. The Hall–Kier alpha value is -2.34. The average molecular weight is 619 g/mol. The van der Waals surface area contributed by atoms with Crippen LogP contribution in [0.3, 0.4) is 0 Å². The summed E-state index contributed by atoms with van der Waals surface area (Å²) >= 11 is 0. The summed E-state index contributed by atoms with van der Waals surface area (Å²) in [6.07, 6.45) is 4.39. The van der Waals surface area contributed by atoms with E-state index < -0.39 is 64.7 Å². The lowest BCUT2D eigenvalue weighted by atomic mass is 9.41. The van der Waals surface area contributed by atoms with Gasteiger partial charge in [0.25, 0.3) is 0 Å². The van der Waals surface area contributed by atoms with E-state index in [1.165, 1.54) is 13.8 Å². The van der Waals surface area contributed by atoms with Gasteiger partial charge in [0.15, 0.2) is 12.4 Å². The number of aliphatic hydroxyl groups is 2. The topological polar surface area (TPSA) is 155 Å². The number of hydrogen-bond donors (Lipinski definition) is 2. The average Bonchev–Trinajstić information content (AvgIpc) is 3.49. The first-order valence-electron chi connectivity index (χ1n) is 16.2. The highest BCUT2D eigenvalue weighted by Crippen LogP contribution is 2.70. The molecule has 4 saturated carbocycles. The summed E-state index contributed by atoms with van der Waals surface area (Å²) in [6, 6.07) is 0. The van der Waals surface area contributed by atoms with Gasteiger partial charge >= 0.3 is 17.9 Å². The maximum atomic E-state index is 13.1. The lowest BCUT2D eigenvalue weighted by Gasteiger charge is -2.65. The lowest BCUT2D eigenvalue weighted by Crippen LogP contribution is -2.69. The monoisotopic (exact) mass is 618 g/mol. The summed E-state index contributed by atoms with van der Waals surface area (Å²) in [6.45, 7) is 6.72. The summed E-state index contributed by atoms with van der Waals surface area (Å²) in [4.78, 5) is 48.4. The van der Waals surface area contributed by atoms with Crippen LogP contribution in [0, 0.1) is 28.6 Å². The highest BCUT2D eigenvalue weighted by Gasteiger charge is 2.71. The largest absolute Gasteiger partial charge is 0.458 e. The van der Waals surface area contributed by atoms with Crippen molar-refractivity contribution in [2.24, 2.45) is 28.6 Å². The van der Waals surface area contributed by atoms with Crippen molar-refractivity contribution in [2.75, 3.05) is 6.61 Å². The molecule has 0 spiro atoms. The first-order chi connectivity index (χ1) is 20.7. The quantitative estimate of drug-likeness (QED) is 0.195. The third-order valence-electron chi connectivity index (χ3n) is 12.4. The maximum Gasteiger partial charge on any atom is 0.331 e. The predicted molar refractivity (Wildman–Crippen MR) is 153 cm³/mol. The number of aldehydes is 1. The second-order valence-corrected chi connectivity index (χ2v) is 14.5. The van der Waals surface area contributed by atoms with Gasteiger partial charge in [-0.25, -0.2) is 4.79 Å². The van der Waals surface area contributed by atoms with Gasteiger partial charge in [-0.3, -0.25) is 9.59 Å². The van der Waals surface area contributed by atoms with Gasteiger partial charge in [-0.2, -0.15) is 0 Å². The van der Waals surface area contributed by atoms with Crippen molar-refractivity contribution in [3.05, 3.63) is 11.6 Å². The van der Waals surface area contributed by atoms with Crippen LogP contribution in [0.15, 0.2) is 11.6 Å². The third kappa shape index (κ3) is 4.84. The molecule has 2 N–H and O–H groups in total. The molecule has 0 aromatic carbocycles. The number of esters is 3. The van der Waals surface area contributed by atoms with Crippen LogP contribution in [0.2, 0.25) is 0 Å². The van der Waals surface area contributed by atoms with E-state index in [-0.39, 0.29) is 43.2 Å². The molecule has 244 valence electrons. The second kappa shape index (κ2) is 11.2. The van der Waals surface area contributed by atoms with Gasteiger partial charge in [-0.1, -0.05) is 6.92 Å². The molecule has 0 bridgehead atoms. The molecule has 4 aliphatic carbocycles. The Balaban J connectivity index is 1.18. The molecule has 0 amide bonds. The van der Waals surface area contributed by atoms with Gasteiger partial charge < -0.3 is 38.7 Å². The molecule has 0 radical (unpaired) electrons. The van der Waals surface area contributed by atoms with E-state index >= 15 is 0 Å². The van der Waals surface area contributed by atoms with E-state index in [9.17, 15) is 29.4 Å². The Morgan fingerprint density at radius 2 is 1.73 bits per heavy atom. The Bertz CT molecular complexity index is 1230. The fourth-order valence-corrected chi connectivity index (χ4v) is 10.4. The summed E-state index contributed by atoms with van der Waals surface area (Å²) in [7, 11) is 0. The van der Waals surface area contributed by atoms with Crippen molar-refractivity contribution in [3.8, 4) is 0 Å². The third-order valence-corrected chi connectivity index (χ3v) is 12.4. The van der Waals surface area contributed by atoms with Crippen LogP contribution < -0.4 is 0 Å². The van der Waals surface area contributed by atoms with Crippen LogP contribution in [-0.4, -0.2) is 82.9 Å². The maximum absolute atomic E-state index is 13.1. The van der Waals surface area contributed by atoms with E-state index in [2.05, 4.69) is 6.92 Å². The number of fused-ring (bicyclic) bond motifs is 5. The summed E-state index contributed by atoms with van der Waals surface area (Å²) in [5.74, 6) is -1.59. The molecule has 11 heteroatoms. The lowest BCUT2D eigenvalue weighted by molar-refractivity contribution is -0.288. The van der Waals surface area contributed by atoms with Gasteiger partial charge in [0, 0.05) is 38.2 Å². The number of carbonyl (C=O) groups excluding carboxylic acids is 4. The van der Waals surface area contributed by atoms with Crippen LogP contribution in [0.1, 0.15) is 91.9 Å². The molecule has 2 heterocycles. The number of rotatable bonds is 6. The van der Waals surface area contributed by atoms with Crippen LogP contribution in [0.5, 0.6) is 0 Å². The number of carbonyl (C=O) groups is 4. The van der Waals surface area contributed by atoms with Crippen molar-refractivity contribution in [1.29, 1.82) is 0 Å². The summed E-state index contributed by atoms with van der Waals surface area (Å²) in [5.41, 5.74) is -2.79. The fourth-order valence-electron chi connectivity index (χ4n) is 10.4. The molecule has 2 aliphatic heterocycles. The molecule has 0 unspecified atom stereocenters. The first kappa shape index (κ1) is 31.6.